The predicted molar refractivity (Wildman–Crippen MR) is 109 cm³/mol. The highest BCUT2D eigenvalue weighted by Crippen LogP contribution is 2.25. The highest BCUT2D eigenvalue weighted by Gasteiger charge is 2.09. The number of hydrogen-bond donors (Lipinski definition) is 2. The maximum absolute atomic E-state index is 11.9. The first-order valence-electron chi connectivity index (χ1n) is 7.27. The Morgan fingerprint density at radius 3 is 2.56 bits per heavy atom. The lowest BCUT2D eigenvalue weighted by Crippen LogP contribution is -2.20. The summed E-state index contributed by atoms with van der Waals surface area (Å²) in [5.41, 5.74) is 3.71. The summed E-state index contributed by atoms with van der Waals surface area (Å²) < 4.78 is 1.02. The van der Waals surface area contributed by atoms with Gasteiger partial charge in [-0.15, -0.1) is 0 Å². The van der Waals surface area contributed by atoms with Crippen molar-refractivity contribution in [3.8, 4) is 0 Å². The Bertz CT molecular complexity index is 812. The number of hydrogen-bond acceptors (Lipinski definition) is 3. The Balaban J connectivity index is 1.78. The molecule has 2 amide bonds. The second-order valence-corrected chi connectivity index (χ2v) is 6.99. The summed E-state index contributed by atoms with van der Waals surface area (Å²) in [5, 5.41) is 7.35. The van der Waals surface area contributed by atoms with Crippen LogP contribution in [0, 0.1) is 3.57 Å². The van der Waals surface area contributed by atoms with E-state index in [1.165, 1.54) is 0 Å². The lowest BCUT2D eigenvalue weighted by atomic mass is 10.2. The molecule has 0 atom stereocenters. The average Bonchev–Trinajstić information content (AvgIpc) is 2.58. The number of carbonyl (C=O) groups excluding carboxylic acids is 2. The van der Waals surface area contributed by atoms with Gasteiger partial charge in [0.05, 0.1) is 16.9 Å². The summed E-state index contributed by atoms with van der Waals surface area (Å²) in [6, 6.07) is 12.4. The van der Waals surface area contributed by atoms with Gasteiger partial charge in [0.25, 0.3) is 0 Å². The molecule has 0 fully saturated rings. The third-order valence-corrected chi connectivity index (χ3v) is 4.63. The Hall–Kier alpha value is -1.64. The van der Waals surface area contributed by atoms with E-state index in [9.17, 15) is 9.59 Å². The van der Waals surface area contributed by atoms with Crippen molar-refractivity contribution in [2.45, 2.75) is 12.8 Å². The molecule has 0 aromatic heterocycles. The zero-order valence-electron chi connectivity index (χ0n) is 12.9. The molecule has 8 heteroatoms. The SMILES string of the molecule is O=C(CCC(=O)Nc1cc(Cl)ccc1Cl)NN=Cc1ccccc1I. The molecule has 0 radical (unpaired) electrons. The molecule has 0 bridgehead atoms. The minimum absolute atomic E-state index is 0.00701. The third-order valence-electron chi connectivity index (χ3n) is 3.08. The molecule has 25 heavy (non-hydrogen) atoms. The number of nitrogens with one attached hydrogen (secondary N) is 2. The lowest BCUT2D eigenvalue weighted by Gasteiger charge is -2.07. The van der Waals surface area contributed by atoms with Gasteiger partial charge in [-0.25, -0.2) is 5.43 Å². The van der Waals surface area contributed by atoms with E-state index in [4.69, 9.17) is 23.2 Å². The van der Waals surface area contributed by atoms with Crippen molar-refractivity contribution < 1.29 is 9.59 Å². The van der Waals surface area contributed by atoms with Gasteiger partial charge < -0.3 is 5.32 Å². The molecule has 2 rings (SSSR count). The van der Waals surface area contributed by atoms with E-state index in [1.807, 2.05) is 24.3 Å². The largest absolute Gasteiger partial charge is 0.325 e. The van der Waals surface area contributed by atoms with Crippen LogP contribution in [-0.2, 0) is 9.59 Å². The first-order valence-corrected chi connectivity index (χ1v) is 9.10. The number of carbonyl (C=O) groups is 2. The average molecular weight is 490 g/mol. The van der Waals surface area contributed by atoms with E-state index in [0.717, 1.165) is 9.13 Å². The second kappa shape index (κ2) is 9.74. The summed E-state index contributed by atoms with van der Waals surface area (Å²) in [6.45, 7) is 0. The Morgan fingerprint density at radius 1 is 1.08 bits per heavy atom. The molecule has 2 N–H and O–H groups in total. The monoisotopic (exact) mass is 489 g/mol. The second-order valence-electron chi connectivity index (χ2n) is 4.99. The summed E-state index contributed by atoms with van der Waals surface area (Å²) in [4.78, 5) is 23.6. The van der Waals surface area contributed by atoms with Crippen LogP contribution in [0.5, 0.6) is 0 Å². The third kappa shape index (κ3) is 6.64. The molecule has 0 saturated heterocycles. The van der Waals surface area contributed by atoms with Crippen molar-refractivity contribution in [2.24, 2.45) is 5.10 Å². The standard InChI is InChI=1S/C17H14Cl2IN3O2/c18-12-5-6-13(19)15(9-12)22-16(24)7-8-17(25)23-21-10-11-3-1-2-4-14(11)20/h1-6,9-10H,7-8H2,(H,22,24)(H,23,25). The van der Waals surface area contributed by atoms with E-state index in [-0.39, 0.29) is 24.7 Å². The van der Waals surface area contributed by atoms with Gasteiger partial charge in [0.15, 0.2) is 0 Å². The van der Waals surface area contributed by atoms with Crippen molar-refractivity contribution in [2.75, 3.05) is 5.32 Å². The van der Waals surface area contributed by atoms with Gasteiger partial charge in [-0.2, -0.15) is 5.10 Å². The van der Waals surface area contributed by atoms with Crippen LogP contribution in [0.2, 0.25) is 10.0 Å². The van der Waals surface area contributed by atoms with E-state index >= 15 is 0 Å². The van der Waals surface area contributed by atoms with Crippen molar-refractivity contribution in [3.63, 3.8) is 0 Å². The van der Waals surface area contributed by atoms with E-state index < -0.39 is 0 Å². The van der Waals surface area contributed by atoms with Crippen LogP contribution < -0.4 is 10.7 Å². The highest BCUT2D eigenvalue weighted by molar-refractivity contribution is 14.1. The molecule has 0 aliphatic heterocycles. The summed E-state index contributed by atoms with van der Waals surface area (Å²) in [6.07, 6.45) is 1.58. The van der Waals surface area contributed by atoms with Crippen LogP contribution in [0.3, 0.4) is 0 Å². The molecule has 2 aromatic rings. The van der Waals surface area contributed by atoms with Gasteiger partial charge in [-0.3, -0.25) is 9.59 Å². The van der Waals surface area contributed by atoms with Crippen LogP contribution in [0.4, 0.5) is 5.69 Å². The van der Waals surface area contributed by atoms with Gasteiger partial charge in [-0.05, 0) is 46.9 Å². The quantitative estimate of drug-likeness (QED) is 0.357. The smallest absolute Gasteiger partial charge is 0.240 e. The highest BCUT2D eigenvalue weighted by atomic mass is 127. The zero-order chi connectivity index (χ0) is 18.2. The van der Waals surface area contributed by atoms with Crippen LogP contribution in [-0.4, -0.2) is 18.0 Å². The number of hydrazone groups is 1. The van der Waals surface area contributed by atoms with Crippen LogP contribution >= 0.6 is 45.8 Å². The van der Waals surface area contributed by atoms with E-state index in [0.29, 0.717) is 15.7 Å². The molecular formula is C17H14Cl2IN3O2. The molecule has 0 aliphatic rings. The first kappa shape index (κ1) is 19.7. The maximum Gasteiger partial charge on any atom is 0.240 e. The normalized spacial score (nSPS) is 10.7. The Kier molecular flexibility index (Phi) is 7.67. The van der Waals surface area contributed by atoms with Gasteiger partial charge >= 0.3 is 0 Å². The molecular weight excluding hydrogens is 476 g/mol. The van der Waals surface area contributed by atoms with E-state index in [2.05, 4.69) is 38.4 Å². The minimum atomic E-state index is -0.352. The molecule has 0 unspecified atom stereocenters. The Morgan fingerprint density at radius 2 is 1.80 bits per heavy atom. The van der Waals surface area contributed by atoms with Crippen molar-refractivity contribution in [1.29, 1.82) is 0 Å². The lowest BCUT2D eigenvalue weighted by molar-refractivity contribution is -0.124. The zero-order valence-corrected chi connectivity index (χ0v) is 16.6. The van der Waals surface area contributed by atoms with Crippen LogP contribution in [0.1, 0.15) is 18.4 Å². The molecule has 5 nitrogen and oxygen atoms in total. The maximum atomic E-state index is 11.9. The van der Waals surface area contributed by atoms with Gasteiger partial charge in [0, 0.05) is 27.0 Å². The van der Waals surface area contributed by atoms with E-state index in [1.54, 1.807) is 24.4 Å². The number of rotatable bonds is 6. The molecule has 0 aliphatic carbocycles. The van der Waals surface area contributed by atoms with Gasteiger partial charge in [0.2, 0.25) is 11.8 Å². The van der Waals surface area contributed by atoms with Crippen molar-refractivity contribution in [3.05, 3.63) is 61.6 Å². The number of nitrogens with zero attached hydrogens (tertiary/aromatic N) is 1. The molecule has 2 aromatic carbocycles. The first-order chi connectivity index (χ1) is 12.0. The Labute approximate surface area is 168 Å². The molecule has 0 saturated carbocycles. The number of amides is 2. The van der Waals surface area contributed by atoms with Gasteiger partial charge in [0.1, 0.15) is 0 Å². The summed E-state index contributed by atoms with van der Waals surface area (Å²) >= 11 is 14.0. The van der Waals surface area contributed by atoms with Crippen LogP contribution in [0.15, 0.2) is 47.6 Å². The van der Waals surface area contributed by atoms with Crippen LogP contribution in [0.25, 0.3) is 0 Å². The minimum Gasteiger partial charge on any atom is -0.325 e. The fraction of sp³-hybridized carbons (Fsp3) is 0.118. The predicted octanol–water partition coefficient (Wildman–Crippen LogP) is 4.47. The molecule has 0 heterocycles. The topological polar surface area (TPSA) is 70.6 Å². The molecule has 0 spiro atoms. The molecule has 130 valence electrons. The summed E-state index contributed by atoms with van der Waals surface area (Å²) in [7, 11) is 0. The van der Waals surface area contributed by atoms with Crippen molar-refractivity contribution in [1.82, 2.24) is 5.43 Å². The fourth-order valence-corrected chi connectivity index (χ4v) is 2.71. The number of anilines is 1. The van der Waals surface area contributed by atoms with Gasteiger partial charge in [-0.1, -0.05) is 41.4 Å². The number of halogens is 3. The number of benzene rings is 2. The summed E-state index contributed by atoms with van der Waals surface area (Å²) in [5.74, 6) is -0.685. The van der Waals surface area contributed by atoms with Crippen molar-refractivity contribution >= 4 is 69.5 Å². The fourth-order valence-electron chi connectivity index (χ4n) is 1.84.